The van der Waals surface area contributed by atoms with Gasteiger partial charge in [0.25, 0.3) is 20.9 Å². The van der Waals surface area contributed by atoms with Gasteiger partial charge in [-0.1, -0.05) is 13.5 Å². The van der Waals surface area contributed by atoms with Crippen LogP contribution in [0.5, 0.6) is 0 Å². The minimum atomic E-state index is -3.70. The Balaban J connectivity index is 2.28. The fourth-order valence-electron chi connectivity index (χ4n) is 4.40. The number of carbonyl (C=O) groups excluding carboxylic acids is 3. The van der Waals surface area contributed by atoms with E-state index in [1.807, 2.05) is 0 Å². The molecule has 0 bridgehead atoms. The van der Waals surface area contributed by atoms with Crippen molar-refractivity contribution in [3.05, 3.63) is 24.2 Å². The third-order valence-electron chi connectivity index (χ3n) is 6.82. The molecule has 1 fully saturated rings. The standard InChI is InChI=1S/C27H47FN4O10P2/c1-15(2)40-25(34)18(6)30-43(10,36)38-13-21-27(9,14-39-44(11,37)31-19(7)26(35)41-16(3)4)22(28)24(42-21)32-12-17(5)23(33)29-20(32)8/h12,15-16,18-19,21-22,24H,8,13-14H2,1-7,9-11H3,(H,29,33)(H,30,36)(H,31,37)/t18-,19-,21+,22+,24+,27?,43?,44?/m0/s1. The SMILES string of the molecule is C=C1NC(=O)C(C)=CN1[C@@H]1O[C@H](COP(C)(=O)N[C@@H](C)C(=O)OC(C)C)C(C)(COP(C)(=O)N[C@@H](C)C(=O)OC(C)C)[C@@H]1F. The van der Waals surface area contributed by atoms with Gasteiger partial charge in [-0.05, 0) is 48.5 Å². The number of ether oxygens (including phenoxy) is 3. The van der Waals surface area contributed by atoms with E-state index in [0.717, 1.165) is 0 Å². The molecular formula is C27H47FN4O10P2. The third-order valence-corrected chi connectivity index (χ3v) is 9.79. The van der Waals surface area contributed by atoms with Crippen molar-refractivity contribution in [3.8, 4) is 0 Å². The first kappa shape index (κ1) is 38.1. The Labute approximate surface area is 258 Å². The maximum Gasteiger partial charge on any atom is 0.323 e. The van der Waals surface area contributed by atoms with E-state index in [-0.39, 0.29) is 23.6 Å². The molecule has 0 saturated carbocycles. The zero-order valence-corrected chi connectivity index (χ0v) is 28.8. The van der Waals surface area contributed by atoms with E-state index < -0.39 is 82.1 Å². The van der Waals surface area contributed by atoms with Crippen LogP contribution in [-0.2, 0) is 46.8 Å². The van der Waals surface area contributed by atoms with E-state index in [9.17, 15) is 23.5 Å². The lowest BCUT2D eigenvalue weighted by atomic mass is 9.82. The van der Waals surface area contributed by atoms with E-state index in [1.54, 1.807) is 27.7 Å². The lowest BCUT2D eigenvalue weighted by Crippen LogP contribution is -2.48. The molecule has 0 aliphatic carbocycles. The summed E-state index contributed by atoms with van der Waals surface area (Å²) in [7, 11) is -7.36. The third kappa shape index (κ3) is 10.2. The normalized spacial score (nSPS) is 28.2. The molecule has 2 rings (SSSR count). The number of esters is 2. The fraction of sp³-hybridized carbons (Fsp3) is 0.741. The highest BCUT2D eigenvalue weighted by Crippen LogP contribution is 2.49. The van der Waals surface area contributed by atoms with Gasteiger partial charge in [0.1, 0.15) is 17.9 Å². The van der Waals surface area contributed by atoms with Gasteiger partial charge in [0.15, 0.2) is 12.4 Å². The van der Waals surface area contributed by atoms with E-state index in [1.165, 1.54) is 52.1 Å². The van der Waals surface area contributed by atoms with Crippen LogP contribution < -0.4 is 15.5 Å². The Morgan fingerprint density at radius 3 is 2.00 bits per heavy atom. The molecule has 17 heteroatoms. The van der Waals surface area contributed by atoms with Crippen LogP contribution >= 0.6 is 15.0 Å². The number of hydrogen-bond donors (Lipinski definition) is 3. The Bertz CT molecular complexity index is 1230. The molecule has 1 amide bonds. The van der Waals surface area contributed by atoms with Crippen molar-refractivity contribution in [2.24, 2.45) is 5.41 Å². The molecule has 3 N–H and O–H groups in total. The van der Waals surface area contributed by atoms with Crippen LogP contribution in [0.2, 0.25) is 0 Å². The molecule has 0 aromatic rings. The van der Waals surface area contributed by atoms with Crippen molar-refractivity contribution >= 4 is 32.9 Å². The van der Waals surface area contributed by atoms with Crippen molar-refractivity contribution in [2.75, 3.05) is 26.5 Å². The number of nitrogens with zero attached hydrogens (tertiary/aromatic N) is 1. The summed E-state index contributed by atoms with van der Waals surface area (Å²) in [6, 6.07) is -1.95. The topological polar surface area (TPSA) is 171 Å². The van der Waals surface area contributed by atoms with Crippen molar-refractivity contribution in [2.45, 2.75) is 98.2 Å². The average Bonchev–Trinajstić information content (AvgIpc) is 3.12. The van der Waals surface area contributed by atoms with Gasteiger partial charge in [0.2, 0.25) is 0 Å². The Kier molecular flexibility index (Phi) is 13.0. The first-order valence-electron chi connectivity index (χ1n) is 14.3. The van der Waals surface area contributed by atoms with Gasteiger partial charge in [-0.25, -0.2) is 14.6 Å². The monoisotopic (exact) mass is 668 g/mol. The highest BCUT2D eigenvalue weighted by molar-refractivity contribution is 7.56. The molecule has 14 nitrogen and oxygen atoms in total. The van der Waals surface area contributed by atoms with Crippen molar-refractivity contribution < 1.29 is 51.2 Å². The smallest absolute Gasteiger partial charge is 0.323 e. The highest BCUT2D eigenvalue weighted by Gasteiger charge is 2.57. The Hall–Kier alpha value is -2.12. The fourth-order valence-corrected chi connectivity index (χ4v) is 7.11. The predicted octanol–water partition coefficient (Wildman–Crippen LogP) is 3.40. The molecule has 8 atom stereocenters. The summed E-state index contributed by atoms with van der Waals surface area (Å²) in [6.45, 7) is 18.1. The summed E-state index contributed by atoms with van der Waals surface area (Å²) < 4.78 is 70.7. The molecule has 2 heterocycles. The number of rotatable bonds is 15. The Morgan fingerprint density at radius 2 is 1.52 bits per heavy atom. The average molecular weight is 669 g/mol. The van der Waals surface area contributed by atoms with Crippen molar-refractivity contribution in [1.29, 1.82) is 0 Å². The van der Waals surface area contributed by atoms with Gasteiger partial charge >= 0.3 is 11.9 Å². The second-order valence-electron chi connectivity index (χ2n) is 12.0. The van der Waals surface area contributed by atoms with Gasteiger partial charge < -0.3 is 33.5 Å². The van der Waals surface area contributed by atoms with E-state index in [0.29, 0.717) is 0 Å². The van der Waals surface area contributed by atoms with Crippen LogP contribution in [0.3, 0.4) is 0 Å². The van der Waals surface area contributed by atoms with E-state index in [4.69, 9.17) is 23.3 Å². The molecule has 44 heavy (non-hydrogen) atoms. The summed E-state index contributed by atoms with van der Waals surface area (Å²) in [4.78, 5) is 37.9. The lowest BCUT2D eigenvalue weighted by Gasteiger charge is -2.35. The summed E-state index contributed by atoms with van der Waals surface area (Å²) >= 11 is 0. The molecular weight excluding hydrogens is 621 g/mol. The summed E-state index contributed by atoms with van der Waals surface area (Å²) in [5, 5.41) is 7.77. The first-order valence-corrected chi connectivity index (χ1v) is 18.4. The van der Waals surface area contributed by atoms with Gasteiger partial charge in [0, 0.05) is 25.1 Å². The maximum atomic E-state index is 16.4. The summed E-state index contributed by atoms with van der Waals surface area (Å²) in [5.41, 5.74) is -1.27. The van der Waals surface area contributed by atoms with E-state index in [2.05, 4.69) is 22.1 Å². The molecule has 0 spiro atoms. The zero-order valence-electron chi connectivity index (χ0n) is 27.0. The predicted molar refractivity (Wildman–Crippen MR) is 161 cm³/mol. The number of halogens is 1. The highest BCUT2D eigenvalue weighted by atomic mass is 31.2. The molecule has 0 radical (unpaired) electrons. The van der Waals surface area contributed by atoms with Crippen molar-refractivity contribution in [1.82, 2.24) is 20.4 Å². The van der Waals surface area contributed by atoms with Gasteiger partial charge in [-0.3, -0.25) is 23.5 Å². The maximum absolute atomic E-state index is 16.4. The number of carbonyl (C=O) groups is 3. The first-order chi connectivity index (χ1) is 20.1. The van der Waals surface area contributed by atoms with Crippen LogP contribution in [0.15, 0.2) is 24.2 Å². The molecule has 3 unspecified atom stereocenters. The van der Waals surface area contributed by atoms with Crippen LogP contribution in [0, 0.1) is 5.41 Å². The molecule has 252 valence electrons. The number of amides is 1. The minimum absolute atomic E-state index is 0.0683. The van der Waals surface area contributed by atoms with Gasteiger partial charge in [-0.2, -0.15) is 0 Å². The van der Waals surface area contributed by atoms with Gasteiger partial charge in [0.05, 0.1) is 36.9 Å². The number of alkyl halides is 1. The zero-order chi connectivity index (χ0) is 33.8. The van der Waals surface area contributed by atoms with Crippen LogP contribution in [-0.4, -0.2) is 92.1 Å². The summed E-state index contributed by atoms with van der Waals surface area (Å²) in [5.74, 6) is -1.60. The van der Waals surface area contributed by atoms with E-state index >= 15 is 4.39 Å². The quantitative estimate of drug-likeness (QED) is 0.172. The number of hydrogen-bond acceptors (Lipinski definition) is 11. The van der Waals surface area contributed by atoms with Crippen molar-refractivity contribution in [3.63, 3.8) is 0 Å². The minimum Gasteiger partial charge on any atom is -0.462 e. The van der Waals surface area contributed by atoms with Crippen LogP contribution in [0.4, 0.5) is 4.39 Å². The number of nitrogens with one attached hydrogen (secondary N) is 3. The molecule has 0 aromatic heterocycles. The van der Waals surface area contributed by atoms with Crippen LogP contribution in [0.25, 0.3) is 0 Å². The Morgan fingerprint density at radius 1 is 1.05 bits per heavy atom. The second-order valence-corrected chi connectivity index (χ2v) is 16.4. The molecule has 0 aromatic carbocycles. The molecule has 2 aliphatic rings. The van der Waals surface area contributed by atoms with Gasteiger partial charge in [-0.15, -0.1) is 0 Å². The summed E-state index contributed by atoms with van der Waals surface area (Å²) in [6.07, 6.45) is -3.66. The van der Waals surface area contributed by atoms with Crippen LogP contribution in [0.1, 0.15) is 55.4 Å². The second kappa shape index (κ2) is 15.0. The molecule has 1 saturated heterocycles. The largest absolute Gasteiger partial charge is 0.462 e. The lowest BCUT2D eigenvalue weighted by molar-refractivity contribution is -0.149. The molecule has 2 aliphatic heterocycles.